The van der Waals surface area contributed by atoms with Gasteiger partial charge in [-0.25, -0.2) is 0 Å². The second kappa shape index (κ2) is 14.4. The first-order valence-electron chi connectivity index (χ1n) is 15.1. The average Bonchev–Trinajstić information content (AvgIpc) is 3.41. The van der Waals surface area contributed by atoms with Crippen molar-refractivity contribution in [2.75, 3.05) is 20.0 Å². The Bertz CT molecular complexity index is 2000. The predicted octanol–water partition coefficient (Wildman–Crippen LogP) is 3.61. The number of H-pyrrole nitrogens is 1. The van der Waals surface area contributed by atoms with Gasteiger partial charge in [0.1, 0.15) is 0 Å². The van der Waals surface area contributed by atoms with Crippen molar-refractivity contribution in [1.29, 1.82) is 0 Å². The Labute approximate surface area is 284 Å². The van der Waals surface area contributed by atoms with Gasteiger partial charge in [0.2, 0.25) is 0 Å². The minimum atomic E-state index is -4.01. The summed E-state index contributed by atoms with van der Waals surface area (Å²) in [5.74, 6) is 0.688. The molecule has 1 fully saturated rings. The molecule has 5 aromatic rings. The Morgan fingerprint density at radius 3 is 1.92 bits per heavy atom. The van der Waals surface area contributed by atoms with Crippen LogP contribution >= 0.6 is 0 Å². The first-order valence-corrected chi connectivity index (χ1v) is 18.8. The molecule has 1 N–H and O–H groups in total. The van der Waals surface area contributed by atoms with E-state index in [1.807, 2.05) is 115 Å². The summed E-state index contributed by atoms with van der Waals surface area (Å²) >= 11 is -0.395. The third-order valence-electron chi connectivity index (χ3n) is 8.03. The van der Waals surface area contributed by atoms with Gasteiger partial charge >= 0.3 is 286 Å². The Morgan fingerprint density at radius 2 is 1.38 bits per heavy atom. The number of nitrogens with zero attached hydrogens (tertiary/aromatic N) is 1. The molecule has 0 amide bonds. The summed E-state index contributed by atoms with van der Waals surface area (Å²) in [5.41, 5.74) is 0.102. The summed E-state index contributed by atoms with van der Waals surface area (Å²) in [5, 5.41) is 0. The molecule has 0 saturated carbocycles. The molecule has 248 valence electrons. The van der Waals surface area contributed by atoms with Crippen LogP contribution in [0.15, 0.2) is 137 Å². The average molecular weight is 734 g/mol. The third-order valence-corrected chi connectivity index (χ3v) is 11.5. The van der Waals surface area contributed by atoms with Crippen molar-refractivity contribution in [1.82, 2.24) is 9.55 Å². The molecule has 0 bridgehead atoms. The number of benzene rings is 4. The van der Waals surface area contributed by atoms with Crippen LogP contribution < -0.4 is 20.4 Å². The van der Waals surface area contributed by atoms with E-state index in [0.29, 0.717) is 5.75 Å². The normalized spacial score (nSPS) is 19.6. The molecule has 0 aliphatic carbocycles. The van der Waals surface area contributed by atoms with Crippen LogP contribution in [0.1, 0.15) is 22.9 Å². The second-order valence-corrected chi connectivity index (χ2v) is 15.4. The summed E-state index contributed by atoms with van der Waals surface area (Å²) in [6.45, 7) is -0.00665. The van der Waals surface area contributed by atoms with E-state index in [0.717, 1.165) is 32.0 Å². The summed E-state index contributed by atoms with van der Waals surface area (Å²) < 4.78 is 52.4. The van der Waals surface area contributed by atoms with Crippen LogP contribution in [-0.4, -0.2) is 65.1 Å². The molecule has 1 aliphatic rings. The number of aromatic amines is 1. The van der Waals surface area contributed by atoms with Crippen LogP contribution in [0.4, 0.5) is 0 Å². The van der Waals surface area contributed by atoms with Gasteiger partial charge in [-0.05, 0) is 0 Å². The first kappa shape index (κ1) is 33.6. The Balaban J connectivity index is 1.48. The zero-order valence-corrected chi connectivity index (χ0v) is 28.7. The fraction of sp³-hybridized carbons (Fsp3) is 0.222. The van der Waals surface area contributed by atoms with Gasteiger partial charge in [0.15, 0.2) is 0 Å². The van der Waals surface area contributed by atoms with Gasteiger partial charge in [0.05, 0.1) is 0 Å². The number of hydrogen-bond donors (Lipinski definition) is 1. The van der Waals surface area contributed by atoms with Crippen molar-refractivity contribution in [3.05, 3.63) is 165 Å². The van der Waals surface area contributed by atoms with Crippen LogP contribution in [0.5, 0.6) is 5.75 Å². The van der Waals surface area contributed by atoms with E-state index in [2.05, 4.69) is 4.98 Å². The van der Waals surface area contributed by atoms with Crippen LogP contribution in [0, 0.1) is 0 Å². The monoisotopic (exact) mass is 734 g/mol. The summed E-state index contributed by atoms with van der Waals surface area (Å²) in [6.07, 6.45) is -0.741. The van der Waals surface area contributed by atoms with E-state index < -0.39 is 65.2 Å². The SMILES string of the molecule is COc1ccc(C(OC[C@H]2O[C@@H](n3ccc(=O)[nH]c3=O)[C@H](OS(C)(=O)=O)[C@H]2[Se]c2ccccc2)(c2ccccc2)c2ccccc2)cc1. The summed E-state index contributed by atoms with van der Waals surface area (Å²) in [7, 11) is -2.40. The van der Waals surface area contributed by atoms with Crippen molar-refractivity contribution < 1.29 is 26.8 Å². The Kier molecular flexibility index (Phi) is 10.1. The molecule has 1 saturated heterocycles. The van der Waals surface area contributed by atoms with Gasteiger partial charge in [-0.15, -0.1) is 0 Å². The molecule has 4 aromatic carbocycles. The number of nitrogens with one attached hydrogen (secondary N) is 1. The topological polar surface area (TPSA) is 126 Å². The molecule has 0 radical (unpaired) electrons. The molecule has 1 aliphatic heterocycles. The van der Waals surface area contributed by atoms with Crippen molar-refractivity contribution in [3.63, 3.8) is 0 Å². The van der Waals surface area contributed by atoms with Gasteiger partial charge in [-0.2, -0.15) is 0 Å². The minimum absolute atomic E-state index is 0.00665. The standard InChI is InChI=1S/C36H34N2O8SSe/c1-43-28-20-18-27(19-21-28)36(25-12-6-3-7-13-25,26-14-8-4-9-15-26)44-24-30-33(48-29-16-10-5-11-17-29)32(46-47(2,41)42)34(45-30)38-23-22-31(39)37-35(38)40/h3-23,30,32-34H,24H2,1-2H3,(H,37,39,40)/t30-,32-,33+,34-/m1/s1. The molecule has 4 atom stereocenters. The summed E-state index contributed by atoms with van der Waals surface area (Å²) in [4.78, 5) is 26.7. The number of ether oxygens (including phenoxy) is 3. The Morgan fingerprint density at radius 1 is 0.812 bits per heavy atom. The van der Waals surface area contributed by atoms with E-state index in [1.165, 1.54) is 12.3 Å². The van der Waals surface area contributed by atoms with Crippen LogP contribution in [-0.2, 0) is 29.4 Å². The summed E-state index contributed by atoms with van der Waals surface area (Å²) in [6, 6.07) is 38.1. The van der Waals surface area contributed by atoms with Crippen LogP contribution in [0.2, 0.25) is 4.82 Å². The van der Waals surface area contributed by atoms with Crippen LogP contribution in [0.25, 0.3) is 0 Å². The second-order valence-electron chi connectivity index (χ2n) is 11.2. The maximum absolute atomic E-state index is 13.0. The molecule has 0 spiro atoms. The molecule has 1 aromatic heterocycles. The maximum atomic E-state index is 13.0. The Hall–Kier alpha value is -4.29. The molecule has 10 nitrogen and oxygen atoms in total. The van der Waals surface area contributed by atoms with Gasteiger partial charge in [-0.3, -0.25) is 0 Å². The van der Waals surface area contributed by atoms with Crippen molar-refractivity contribution >= 4 is 29.5 Å². The predicted molar refractivity (Wildman–Crippen MR) is 182 cm³/mol. The molecule has 6 rings (SSSR count). The van der Waals surface area contributed by atoms with Crippen molar-refractivity contribution in [2.45, 2.75) is 28.9 Å². The van der Waals surface area contributed by atoms with E-state index in [1.54, 1.807) is 7.11 Å². The van der Waals surface area contributed by atoms with Crippen molar-refractivity contribution in [2.24, 2.45) is 0 Å². The van der Waals surface area contributed by atoms with Gasteiger partial charge in [-0.1, -0.05) is 0 Å². The van der Waals surface area contributed by atoms with Gasteiger partial charge in [0, 0.05) is 0 Å². The number of aromatic nitrogens is 2. The number of methoxy groups -OCH3 is 1. The van der Waals surface area contributed by atoms with Gasteiger partial charge < -0.3 is 0 Å². The van der Waals surface area contributed by atoms with E-state index >= 15 is 0 Å². The molecular formula is C36H34N2O8SSe. The van der Waals surface area contributed by atoms with Crippen LogP contribution in [0.3, 0.4) is 0 Å². The zero-order valence-electron chi connectivity index (χ0n) is 26.2. The van der Waals surface area contributed by atoms with E-state index in [-0.39, 0.29) is 6.61 Å². The van der Waals surface area contributed by atoms with E-state index in [4.69, 9.17) is 18.4 Å². The fourth-order valence-corrected chi connectivity index (χ4v) is 9.32. The molecule has 2 heterocycles. The molecule has 0 unspecified atom stereocenters. The van der Waals surface area contributed by atoms with E-state index in [9.17, 15) is 18.0 Å². The van der Waals surface area contributed by atoms with Gasteiger partial charge in [0.25, 0.3) is 0 Å². The number of hydrogen-bond acceptors (Lipinski definition) is 8. The third kappa shape index (κ3) is 7.24. The molecular weight excluding hydrogens is 699 g/mol. The first-order chi connectivity index (χ1) is 23.2. The quantitative estimate of drug-likeness (QED) is 0.117. The number of rotatable bonds is 12. The zero-order chi connectivity index (χ0) is 33.7. The fourth-order valence-electron chi connectivity index (χ4n) is 5.93. The molecule has 12 heteroatoms. The molecule has 48 heavy (non-hydrogen) atoms. The van der Waals surface area contributed by atoms with Crippen molar-refractivity contribution in [3.8, 4) is 5.75 Å².